The average molecular weight is 248 g/mol. The molecule has 0 spiro atoms. The Morgan fingerprint density at radius 3 is 2.06 bits per heavy atom. The van der Waals surface area contributed by atoms with Crippen LogP contribution >= 0.6 is 0 Å². The summed E-state index contributed by atoms with van der Waals surface area (Å²) in [6.07, 6.45) is 3.73. The highest BCUT2D eigenvalue weighted by atomic mass is 28.4. The van der Waals surface area contributed by atoms with Gasteiger partial charge >= 0.3 is 0 Å². The molecular weight excluding hydrogens is 228 g/mol. The average Bonchev–Trinajstić information content (AvgIpc) is 2.27. The van der Waals surface area contributed by atoms with Crippen molar-refractivity contribution >= 4 is 20.5 Å². The Morgan fingerprint density at radius 2 is 1.65 bits per heavy atom. The van der Waals surface area contributed by atoms with Gasteiger partial charge in [-0.2, -0.15) is 0 Å². The van der Waals surface area contributed by atoms with Crippen molar-refractivity contribution in [3.63, 3.8) is 0 Å². The monoisotopic (exact) mass is 248 g/mol. The van der Waals surface area contributed by atoms with E-state index in [1.54, 1.807) is 7.11 Å². The molecule has 92 valence electrons. The molecule has 1 rings (SSSR count). The van der Waals surface area contributed by atoms with Crippen molar-refractivity contribution in [3.05, 3.63) is 47.9 Å². The summed E-state index contributed by atoms with van der Waals surface area (Å²) in [5.41, 5.74) is 2.16. The van der Waals surface area contributed by atoms with Gasteiger partial charge in [-0.15, -0.1) is 0 Å². The standard InChI is InChI=1S/C14H20O2Si/c1-6-12-7-9-13(10-8-12)11-14(15-2)16-17(3,4)5/h6-11H,1H2,2-5H3/b14-11+. The first-order chi connectivity index (χ1) is 7.94. The van der Waals surface area contributed by atoms with Crippen LogP contribution in [0.3, 0.4) is 0 Å². The van der Waals surface area contributed by atoms with E-state index in [1.165, 1.54) is 0 Å². The SMILES string of the molecule is C=Cc1ccc(/C=C(\OC)O[Si](C)(C)C)cc1. The first-order valence-electron chi connectivity index (χ1n) is 5.62. The highest BCUT2D eigenvalue weighted by Crippen LogP contribution is 2.15. The minimum absolute atomic E-state index is 0.579. The topological polar surface area (TPSA) is 18.5 Å². The van der Waals surface area contributed by atoms with Crippen molar-refractivity contribution in [2.24, 2.45) is 0 Å². The highest BCUT2D eigenvalue weighted by Gasteiger charge is 2.18. The van der Waals surface area contributed by atoms with Crippen molar-refractivity contribution < 1.29 is 9.16 Å². The number of rotatable bonds is 5. The van der Waals surface area contributed by atoms with E-state index in [-0.39, 0.29) is 0 Å². The minimum Gasteiger partial charge on any atom is -0.520 e. The number of ether oxygens (including phenoxy) is 1. The smallest absolute Gasteiger partial charge is 0.265 e. The molecule has 0 fully saturated rings. The molecular formula is C14H20O2Si. The molecule has 0 saturated carbocycles. The van der Waals surface area contributed by atoms with Crippen LogP contribution < -0.4 is 0 Å². The molecule has 17 heavy (non-hydrogen) atoms. The van der Waals surface area contributed by atoms with Crippen LogP contribution in [-0.2, 0) is 9.16 Å². The fraction of sp³-hybridized carbons (Fsp3) is 0.286. The molecule has 0 N–H and O–H groups in total. The van der Waals surface area contributed by atoms with Gasteiger partial charge in [-0.3, -0.25) is 0 Å². The Bertz CT molecular complexity index is 399. The Labute approximate surface area is 105 Å². The van der Waals surface area contributed by atoms with E-state index in [2.05, 4.69) is 26.2 Å². The van der Waals surface area contributed by atoms with Gasteiger partial charge in [-0.25, -0.2) is 0 Å². The Kier molecular flexibility index (Phi) is 4.58. The summed E-state index contributed by atoms with van der Waals surface area (Å²) in [5, 5.41) is 0. The number of hydrogen-bond acceptors (Lipinski definition) is 2. The maximum Gasteiger partial charge on any atom is 0.265 e. The lowest BCUT2D eigenvalue weighted by atomic mass is 10.1. The van der Waals surface area contributed by atoms with Gasteiger partial charge in [0.2, 0.25) is 8.32 Å². The summed E-state index contributed by atoms with van der Waals surface area (Å²) in [6, 6.07) is 8.06. The molecule has 0 aromatic heterocycles. The van der Waals surface area contributed by atoms with Crippen LogP contribution in [0.1, 0.15) is 11.1 Å². The molecule has 0 aliphatic carbocycles. The van der Waals surface area contributed by atoms with Gasteiger partial charge in [0.15, 0.2) is 0 Å². The van der Waals surface area contributed by atoms with E-state index >= 15 is 0 Å². The van der Waals surface area contributed by atoms with Gasteiger partial charge < -0.3 is 9.16 Å². The van der Waals surface area contributed by atoms with Crippen molar-refractivity contribution in [1.29, 1.82) is 0 Å². The third-order valence-corrected chi connectivity index (χ3v) is 2.88. The summed E-state index contributed by atoms with van der Waals surface area (Å²) >= 11 is 0. The fourth-order valence-electron chi connectivity index (χ4n) is 1.30. The van der Waals surface area contributed by atoms with Crippen molar-refractivity contribution in [3.8, 4) is 0 Å². The molecule has 0 heterocycles. The van der Waals surface area contributed by atoms with Gasteiger partial charge in [-0.05, 0) is 30.8 Å². The summed E-state index contributed by atoms with van der Waals surface area (Å²) in [6.45, 7) is 10.1. The minimum atomic E-state index is -1.62. The van der Waals surface area contributed by atoms with Crippen LogP contribution in [0.25, 0.3) is 12.2 Å². The van der Waals surface area contributed by atoms with Crippen LogP contribution in [0.15, 0.2) is 36.8 Å². The van der Waals surface area contributed by atoms with Crippen molar-refractivity contribution in [2.45, 2.75) is 19.6 Å². The molecule has 0 radical (unpaired) electrons. The third-order valence-electron chi connectivity index (χ3n) is 2.06. The zero-order valence-electron chi connectivity index (χ0n) is 11.0. The molecule has 0 aliphatic rings. The molecule has 3 heteroatoms. The molecule has 1 aromatic rings. The second-order valence-electron chi connectivity index (χ2n) is 4.75. The fourth-order valence-corrected chi connectivity index (χ4v) is 2.04. The van der Waals surface area contributed by atoms with Crippen LogP contribution in [-0.4, -0.2) is 15.4 Å². The molecule has 0 aliphatic heterocycles. The summed E-state index contributed by atoms with van der Waals surface area (Å²) in [7, 11) is 0.00668. The highest BCUT2D eigenvalue weighted by molar-refractivity contribution is 6.70. The lowest BCUT2D eigenvalue weighted by Crippen LogP contribution is -2.25. The number of methoxy groups -OCH3 is 1. The second-order valence-corrected chi connectivity index (χ2v) is 9.18. The third kappa shape index (κ3) is 4.91. The van der Waals surface area contributed by atoms with Gasteiger partial charge in [0, 0.05) is 6.08 Å². The maximum absolute atomic E-state index is 5.81. The Hall–Kier alpha value is -1.48. The molecule has 0 saturated heterocycles. The van der Waals surface area contributed by atoms with Gasteiger partial charge in [-0.1, -0.05) is 36.9 Å². The molecule has 0 amide bonds. The van der Waals surface area contributed by atoms with Crippen molar-refractivity contribution in [2.75, 3.05) is 7.11 Å². The molecule has 1 aromatic carbocycles. The van der Waals surface area contributed by atoms with Gasteiger partial charge in [0.05, 0.1) is 7.11 Å². The van der Waals surface area contributed by atoms with E-state index in [0.29, 0.717) is 5.95 Å². The van der Waals surface area contributed by atoms with E-state index in [9.17, 15) is 0 Å². The van der Waals surface area contributed by atoms with E-state index in [1.807, 2.05) is 36.4 Å². The number of benzene rings is 1. The van der Waals surface area contributed by atoms with E-state index < -0.39 is 8.32 Å². The predicted molar refractivity (Wildman–Crippen MR) is 76.0 cm³/mol. The predicted octanol–water partition coefficient (Wildman–Crippen LogP) is 4.13. The van der Waals surface area contributed by atoms with Crippen LogP contribution in [0.2, 0.25) is 19.6 Å². The van der Waals surface area contributed by atoms with Crippen LogP contribution in [0.4, 0.5) is 0 Å². The molecule has 2 nitrogen and oxygen atoms in total. The number of hydrogen-bond donors (Lipinski definition) is 0. The summed E-state index contributed by atoms with van der Waals surface area (Å²) in [4.78, 5) is 0. The Balaban J connectivity index is 2.86. The maximum atomic E-state index is 5.81. The summed E-state index contributed by atoms with van der Waals surface area (Å²) in [5.74, 6) is 0.579. The van der Waals surface area contributed by atoms with Crippen LogP contribution in [0.5, 0.6) is 0 Å². The summed E-state index contributed by atoms with van der Waals surface area (Å²) < 4.78 is 11.0. The Morgan fingerprint density at radius 1 is 1.12 bits per heavy atom. The molecule has 0 atom stereocenters. The normalized spacial score (nSPS) is 12.1. The lowest BCUT2D eigenvalue weighted by Gasteiger charge is -2.20. The molecule has 0 bridgehead atoms. The molecule has 0 unspecified atom stereocenters. The zero-order chi connectivity index (χ0) is 12.9. The quantitative estimate of drug-likeness (QED) is 0.576. The lowest BCUT2D eigenvalue weighted by molar-refractivity contribution is 0.152. The van der Waals surface area contributed by atoms with E-state index in [4.69, 9.17) is 9.16 Å². The van der Waals surface area contributed by atoms with E-state index in [0.717, 1.165) is 11.1 Å². The zero-order valence-corrected chi connectivity index (χ0v) is 12.0. The van der Waals surface area contributed by atoms with Gasteiger partial charge in [0.1, 0.15) is 0 Å². The first kappa shape index (κ1) is 13.6. The van der Waals surface area contributed by atoms with Gasteiger partial charge in [0.25, 0.3) is 5.95 Å². The van der Waals surface area contributed by atoms with Crippen molar-refractivity contribution in [1.82, 2.24) is 0 Å². The second kappa shape index (κ2) is 5.73. The largest absolute Gasteiger partial charge is 0.520 e. The van der Waals surface area contributed by atoms with Crippen LogP contribution in [0, 0.1) is 0 Å². The first-order valence-corrected chi connectivity index (χ1v) is 9.02.